The highest BCUT2D eigenvalue weighted by atomic mass is 16.6. The molecule has 0 heterocycles. The van der Waals surface area contributed by atoms with Crippen molar-refractivity contribution < 1.29 is 19.6 Å². The summed E-state index contributed by atoms with van der Waals surface area (Å²) in [6.07, 6.45) is 0. The van der Waals surface area contributed by atoms with Gasteiger partial charge in [0.05, 0.1) is 4.92 Å². The molecule has 0 saturated carbocycles. The van der Waals surface area contributed by atoms with Crippen LogP contribution in [0.1, 0.15) is 10.4 Å². The van der Waals surface area contributed by atoms with Crippen molar-refractivity contribution >= 4 is 11.7 Å². The maximum absolute atomic E-state index is 11.7. The van der Waals surface area contributed by atoms with E-state index in [1.807, 2.05) is 0 Å². The third-order valence-corrected chi connectivity index (χ3v) is 2.38. The Bertz CT molecular complexity index is 621. The second-order valence-electron chi connectivity index (χ2n) is 3.66. The average Bonchev–Trinajstić information content (AvgIpc) is 2.39. The van der Waals surface area contributed by atoms with Gasteiger partial charge in [-0.1, -0.05) is 12.1 Å². The fourth-order valence-corrected chi connectivity index (χ4v) is 1.44. The topological polar surface area (TPSA) is 89.7 Å². The van der Waals surface area contributed by atoms with E-state index in [1.165, 1.54) is 36.4 Å². The van der Waals surface area contributed by atoms with Gasteiger partial charge in [-0.15, -0.1) is 0 Å². The molecule has 2 aromatic rings. The lowest BCUT2D eigenvalue weighted by Crippen LogP contribution is -2.08. The van der Waals surface area contributed by atoms with Crippen LogP contribution in [0.4, 0.5) is 5.69 Å². The maximum Gasteiger partial charge on any atom is 0.347 e. The SMILES string of the molecule is O=C(Oc1ccc([N+](=O)[O-])cc1)c1ccccc1O. The third kappa shape index (κ3) is 2.86. The Balaban J connectivity index is 2.15. The van der Waals surface area contributed by atoms with Gasteiger partial charge in [0.25, 0.3) is 5.69 Å². The van der Waals surface area contributed by atoms with Gasteiger partial charge in [-0.3, -0.25) is 10.1 Å². The predicted molar refractivity (Wildman–Crippen MR) is 66.2 cm³/mol. The molecule has 6 heteroatoms. The molecule has 96 valence electrons. The van der Waals surface area contributed by atoms with E-state index in [4.69, 9.17) is 4.74 Å². The highest BCUT2D eigenvalue weighted by Crippen LogP contribution is 2.21. The van der Waals surface area contributed by atoms with Gasteiger partial charge in [-0.25, -0.2) is 4.79 Å². The molecule has 6 nitrogen and oxygen atoms in total. The number of phenols is 1. The summed E-state index contributed by atoms with van der Waals surface area (Å²) in [5, 5.41) is 20.0. The quantitative estimate of drug-likeness (QED) is 0.396. The monoisotopic (exact) mass is 259 g/mol. The smallest absolute Gasteiger partial charge is 0.347 e. The number of nitro groups is 1. The minimum absolute atomic E-state index is 0.0286. The van der Waals surface area contributed by atoms with Crippen molar-refractivity contribution in [3.8, 4) is 11.5 Å². The molecule has 0 unspecified atom stereocenters. The van der Waals surface area contributed by atoms with E-state index in [9.17, 15) is 20.0 Å². The highest BCUT2D eigenvalue weighted by molar-refractivity contribution is 5.93. The fraction of sp³-hybridized carbons (Fsp3) is 0. The first kappa shape index (κ1) is 12.6. The second kappa shape index (κ2) is 5.18. The summed E-state index contributed by atoms with van der Waals surface area (Å²) in [5.41, 5.74) is -0.0665. The number of phenolic OH excluding ortho intramolecular Hbond substituents is 1. The zero-order valence-electron chi connectivity index (χ0n) is 9.65. The van der Waals surface area contributed by atoms with Crippen LogP contribution >= 0.6 is 0 Å². The molecule has 0 bridgehead atoms. The molecule has 0 aliphatic rings. The number of hydrogen-bond donors (Lipinski definition) is 1. The summed E-state index contributed by atoms with van der Waals surface area (Å²) in [6, 6.07) is 11.0. The number of carbonyl (C=O) groups is 1. The fourth-order valence-electron chi connectivity index (χ4n) is 1.44. The Kier molecular flexibility index (Phi) is 3.42. The van der Waals surface area contributed by atoms with Crippen molar-refractivity contribution in [2.45, 2.75) is 0 Å². The largest absolute Gasteiger partial charge is 0.507 e. The van der Waals surface area contributed by atoms with Crippen molar-refractivity contribution in [2.24, 2.45) is 0 Å². The van der Waals surface area contributed by atoms with Gasteiger partial charge in [-0.05, 0) is 24.3 Å². The van der Waals surface area contributed by atoms with Crippen LogP contribution in [-0.4, -0.2) is 16.0 Å². The van der Waals surface area contributed by atoms with E-state index in [2.05, 4.69) is 0 Å². The number of nitro benzene ring substituents is 1. The first-order valence-electron chi connectivity index (χ1n) is 5.32. The number of esters is 1. The number of para-hydroxylation sites is 1. The van der Waals surface area contributed by atoms with Gasteiger partial charge in [-0.2, -0.15) is 0 Å². The van der Waals surface area contributed by atoms with E-state index in [1.54, 1.807) is 12.1 Å². The average molecular weight is 259 g/mol. The molecule has 0 aromatic heterocycles. The van der Waals surface area contributed by atoms with Crippen LogP contribution in [0, 0.1) is 10.1 Å². The molecule has 2 aromatic carbocycles. The summed E-state index contributed by atoms with van der Waals surface area (Å²) < 4.78 is 4.99. The second-order valence-corrected chi connectivity index (χ2v) is 3.66. The molecule has 0 spiro atoms. The number of nitrogens with zero attached hydrogens (tertiary/aromatic N) is 1. The summed E-state index contributed by atoms with van der Waals surface area (Å²) in [4.78, 5) is 21.7. The van der Waals surface area contributed by atoms with Gasteiger partial charge in [0.2, 0.25) is 0 Å². The number of hydrogen-bond acceptors (Lipinski definition) is 5. The van der Waals surface area contributed by atoms with Crippen LogP contribution in [0.3, 0.4) is 0 Å². The number of non-ortho nitro benzene ring substituents is 1. The molecule has 2 rings (SSSR count). The molecule has 19 heavy (non-hydrogen) atoms. The molecule has 0 saturated heterocycles. The van der Waals surface area contributed by atoms with Crippen LogP contribution in [0.5, 0.6) is 11.5 Å². The minimum atomic E-state index is -0.730. The van der Waals surface area contributed by atoms with E-state index < -0.39 is 10.9 Å². The van der Waals surface area contributed by atoms with Gasteiger partial charge in [0, 0.05) is 12.1 Å². The van der Waals surface area contributed by atoms with Crippen molar-refractivity contribution in [2.75, 3.05) is 0 Å². The van der Waals surface area contributed by atoms with Crippen molar-refractivity contribution in [3.05, 3.63) is 64.2 Å². The zero-order chi connectivity index (χ0) is 13.8. The lowest BCUT2D eigenvalue weighted by Gasteiger charge is -2.05. The van der Waals surface area contributed by atoms with E-state index in [-0.39, 0.29) is 22.7 Å². The van der Waals surface area contributed by atoms with Crippen LogP contribution in [0.15, 0.2) is 48.5 Å². The first-order valence-corrected chi connectivity index (χ1v) is 5.32. The van der Waals surface area contributed by atoms with Crippen LogP contribution in [0.2, 0.25) is 0 Å². The molecule has 0 radical (unpaired) electrons. The normalized spacial score (nSPS) is 9.89. The standard InChI is InChI=1S/C13H9NO5/c15-12-4-2-1-3-11(12)13(16)19-10-7-5-9(6-8-10)14(17)18/h1-8,15H. The molecule has 0 amide bonds. The van der Waals surface area contributed by atoms with Crippen LogP contribution < -0.4 is 4.74 Å². The van der Waals surface area contributed by atoms with Crippen LogP contribution in [0.25, 0.3) is 0 Å². The molecule has 0 aliphatic carbocycles. The Morgan fingerprint density at radius 2 is 1.74 bits per heavy atom. The number of ether oxygens (including phenoxy) is 1. The van der Waals surface area contributed by atoms with Crippen molar-refractivity contribution in [1.29, 1.82) is 0 Å². The highest BCUT2D eigenvalue weighted by Gasteiger charge is 2.13. The van der Waals surface area contributed by atoms with E-state index >= 15 is 0 Å². The summed E-state index contributed by atoms with van der Waals surface area (Å²) in [5.74, 6) is -0.750. The predicted octanol–water partition coefficient (Wildman–Crippen LogP) is 2.52. The van der Waals surface area contributed by atoms with Gasteiger partial charge < -0.3 is 9.84 Å². The Morgan fingerprint density at radius 3 is 2.32 bits per heavy atom. The zero-order valence-corrected chi connectivity index (χ0v) is 9.65. The van der Waals surface area contributed by atoms with E-state index in [0.717, 1.165) is 0 Å². The molecular formula is C13H9NO5. The molecule has 0 fully saturated rings. The van der Waals surface area contributed by atoms with Crippen molar-refractivity contribution in [1.82, 2.24) is 0 Å². The van der Waals surface area contributed by atoms with Crippen molar-refractivity contribution in [3.63, 3.8) is 0 Å². The summed E-state index contributed by atoms with van der Waals surface area (Å²) in [7, 11) is 0. The third-order valence-electron chi connectivity index (χ3n) is 2.38. The summed E-state index contributed by atoms with van der Waals surface area (Å²) in [6.45, 7) is 0. The van der Waals surface area contributed by atoms with Crippen LogP contribution in [-0.2, 0) is 0 Å². The van der Waals surface area contributed by atoms with E-state index in [0.29, 0.717) is 0 Å². The Morgan fingerprint density at radius 1 is 1.11 bits per heavy atom. The number of rotatable bonds is 3. The Labute approximate surface area is 108 Å². The number of carbonyl (C=O) groups excluding carboxylic acids is 1. The molecule has 0 atom stereocenters. The van der Waals surface area contributed by atoms with Gasteiger partial charge >= 0.3 is 5.97 Å². The van der Waals surface area contributed by atoms with Gasteiger partial charge in [0.15, 0.2) is 0 Å². The van der Waals surface area contributed by atoms with Gasteiger partial charge in [0.1, 0.15) is 17.1 Å². The molecule has 1 N–H and O–H groups in total. The molecule has 0 aliphatic heterocycles. The summed E-state index contributed by atoms with van der Waals surface area (Å²) >= 11 is 0. The number of benzene rings is 2. The number of aromatic hydroxyl groups is 1. The Hall–Kier alpha value is -2.89. The minimum Gasteiger partial charge on any atom is -0.507 e. The lowest BCUT2D eigenvalue weighted by atomic mass is 10.2. The first-order chi connectivity index (χ1) is 9.08. The maximum atomic E-state index is 11.7. The molecular weight excluding hydrogens is 250 g/mol. The lowest BCUT2D eigenvalue weighted by molar-refractivity contribution is -0.384.